The first kappa shape index (κ1) is 24.8. The number of nitrogens with zero attached hydrogens (tertiary/aromatic N) is 4. The van der Waals surface area contributed by atoms with Gasteiger partial charge in [-0.2, -0.15) is 18.5 Å². The topological polar surface area (TPSA) is 181 Å². The summed E-state index contributed by atoms with van der Waals surface area (Å²) in [5.41, 5.74) is 5.33. The fraction of sp³-hybridized carbons (Fsp3) is 0.375. The molecule has 1 aliphatic rings. The molecule has 0 spiro atoms. The third-order valence-corrected chi connectivity index (χ3v) is 5.33. The lowest BCUT2D eigenvalue weighted by Crippen LogP contribution is -2.40. The molecule has 176 valence electrons. The SMILES string of the molecule is C=C(/N=C(\C=C(/N)OC)OC)NC(=O)NS(=O)(=O)c1c(C2=NOCC(C)O2)c(Cl)nn1C. The van der Waals surface area contributed by atoms with Gasteiger partial charge in [0.1, 0.15) is 17.5 Å². The van der Waals surface area contributed by atoms with Crippen molar-refractivity contribution in [3.05, 3.63) is 35.1 Å². The van der Waals surface area contributed by atoms with Crippen LogP contribution in [0.25, 0.3) is 0 Å². The van der Waals surface area contributed by atoms with E-state index in [0.29, 0.717) is 0 Å². The van der Waals surface area contributed by atoms with Gasteiger partial charge in [-0.3, -0.25) is 10.00 Å². The van der Waals surface area contributed by atoms with Gasteiger partial charge < -0.3 is 24.8 Å². The quantitative estimate of drug-likeness (QED) is 0.271. The Morgan fingerprint density at radius 3 is 2.72 bits per heavy atom. The van der Waals surface area contributed by atoms with E-state index in [2.05, 4.69) is 27.1 Å². The maximum Gasteiger partial charge on any atom is 0.334 e. The van der Waals surface area contributed by atoms with Crippen molar-refractivity contribution in [1.29, 1.82) is 0 Å². The second-order valence-electron chi connectivity index (χ2n) is 6.13. The van der Waals surface area contributed by atoms with Crippen LogP contribution in [0, 0.1) is 0 Å². The van der Waals surface area contributed by atoms with E-state index in [4.69, 9.17) is 36.4 Å². The lowest BCUT2D eigenvalue weighted by molar-refractivity contribution is 0.0194. The van der Waals surface area contributed by atoms with Crippen LogP contribution in [0.15, 0.2) is 39.5 Å². The summed E-state index contributed by atoms with van der Waals surface area (Å²) in [6, 6.07) is -1.17. The standard InChI is InChI=1S/C16H22ClN7O7S/c1-8-7-30-22-14(31-8)12-13(17)21-24(3)15(12)32(26,27)23-16(25)20-9(2)19-11(29-5)6-10(18)28-4/h6,8H,2,7,18H2,1,3-5H3,(H2,20,23,25)/b10-6+,19-11+. The highest BCUT2D eigenvalue weighted by atomic mass is 35.5. The van der Waals surface area contributed by atoms with Gasteiger partial charge in [0, 0.05) is 7.05 Å². The van der Waals surface area contributed by atoms with Gasteiger partial charge in [-0.25, -0.2) is 9.52 Å². The second kappa shape index (κ2) is 10.2. The maximum absolute atomic E-state index is 12.9. The van der Waals surface area contributed by atoms with Crippen molar-refractivity contribution in [2.24, 2.45) is 22.9 Å². The Morgan fingerprint density at radius 2 is 2.12 bits per heavy atom. The highest BCUT2D eigenvalue weighted by Gasteiger charge is 2.34. The number of methoxy groups -OCH3 is 2. The summed E-state index contributed by atoms with van der Waals surface area (Å²) in [7, 11) is -0.559. The minimum Gasteiger partial charge on any atom is -0.483 e. The Labute approximate surface area is 188 Å². The van der Waals surface area contributed by atoms with Gasteiger partial charge >= 0.3 is 6.03 Å². The number of hydrogen-bond acceptors (Lipinski definition) is 11. The average molecular weight is 492 g/mol. The normalized spacial score (nSPS) is 16.9. The van der Waals surface area contributed by atoms with E-state index in [9.17, 15) is 13.2 Å². The van der Waals surface area contributed by atoms with E-state index >= 15 is 0 Å². The summed E-state index contributed by atoms with van der Waals surface area (Å²) >= 11 is 6.07. The predicted molar refractivity (Wildman–Crippen MR) is 113 cm³/mol. The highest BCUT2D eigenvalue weighted by molar-refractivity contribution is 7.90. The number of rotatable bonds is 7. The molecule has 16 heteroatoms. The number of aliphatic imine (C=N–C) groups is 1. The van der Waals surface area contributed by atoms with Crippen LogP contribution in [-0.4, -0.2) is 63.0 Å². The minimum atomic E-state index is -4.50. The molecule has 2 heterocycles. The number of aryl methyl sites for hydroxylation is 1. The third-order valence-electron chi connectivity index (χ3n) is 3.63. The smallest absolute Gasteiger partial charge is 0.334 e. The predicted octanol–water partition coefficient (Wildman–Crippen LogP) is 0.121. The molecule has 2 rings (SSSR count). The second-order valence-corrected chi connectivity index (χ2v) is 8.08. The molecule has 0 aromatic carbocycles. The Balaban J connectivity index is 2.24. The molecule has 32 heavy (non-hydrogen) atoms. The molecule has 0 fully saturated rings. The first-order chi connectivity index (χ1) is 15.0. The number of nitrogens with one attached hydrogen (secondary N) is 2. The lowest BCUT2D eigenvalue weighted by Gasteiger charge is -2.20. The fourth-order valence-electron chi connectivity index (χ4n) is 2.32. The third kappa shape index (κ3) is 6.04. The van der Waals surface area contributed by atoms with Crippen LogP contribution in [0.3, 0.4) is 0 Å². The molecule has 1 aromatic heterocycles. The van der Waals surface area contributed by atoms with Crippen LogP contribution in [0.2, 0.25) is 5.15 Å². The van der Waals surface area contributed by atoms with Gasteiger partial charge in [0.05, 0.1) is 20.3 Å². The van der Waals surface area contributed by atoms with Crippen molar-refractivity contribution in [2.45, 2.75) is 18.1 Å². The van der Waals surface area contributed by atoms with Crippen LogP contribution < -0.4 is 15.8 Å². The van der Waals surface area contributed by atoms with Crippen molar-refractivity contribution in [2.75, 3.05) is 20.8 Å². The van der Waals surface area contributed by atoms with E-state index in [1.807, 2.05) is 4.72 Å². The van der Waals surface area contributed by atoms with Crippen LogP contribution in [0.5, 0.6) is 0 Å². The van der Waals surface area contributed by atoms with Crippen molar-refractivity contribution in [3.8, 4) is 0 Å². The molecule has 1 atom stereocenters. The molecule has 0 radical (unpaired) electrons. The zero-order chi connectivity index (χ0) is 24.1. The zero-order valence-corrected chi connectivity index (χ0v) is 19.2. The number of halogens is 1. The van der Waals surface area contributed by atoms with E-state index in [-0.39, 0.29) is 40.8 Å². The number of sulfonamides is 1. The van der Waals surface area contributed by atoms with Gasteiger partial charge in [-0.1, -0.05) is 18.2 Å². The van der Waals surface area contributed by atoms with E-state index in [0.717, 1.165) is 4.68 Å². The summed E-state index contributed by atoms with van der Waals surface area (Å²) in [4.78, 5) is 21.1. The summed E-state index contributed by atoms with van der Waals surface area (Å²) in [6.45, 7) is 5.36. The zero-order valence-electron chi connectivity index (χ0n) is 17.6. The number of hydrogen-bond donors (Lipinski definition) is 3. The average Bonchev–Trinajstić information content (AvgIpc) is 3.01. The van der Waals surface area contributed by atoms with Gasteiger partial charge in [-0.05, 0) is 12.1 Å². The molecule has 1 aromatic rings. The Morgan fingerprint density at radius 1 is 1.44 bits per heavy atom. The van der Waals surface area contributed by atoms with Crippen LogP contribution in [0.4, 0.5) is 4.79 Å². The monoisotopic (exact) mass is 491 g/mol. The molecule has 14 nitrogen and oxygen atoms in total. The van der Waals surface area contributed by atoms with E-state index in [1.165, 1.54) is 27.3 Å². The minimum absolute atomic E-state index is 0.0165. The first-order valence-corrected chi connectivity index (χ1v) is 10.6. The largest absolute Gasteiger partial charge is 0.483 e. The summed E-state index contributed by atoms with van der Waals surface area (Å²) < 4.78 is 43.7. The van der Waals surface area contributed by atoms with Gasteiger partial charge in [0.15, 0.2) is 22.7 Å². The van der Waals surface area contributed by atoms with Crippen LogP contribution in [-0.2, 0) is 36.1 Å². The molecular formula is C16H22ClN7O7S. The Bertz CT molecular complexity index is 1090. The number of oxime groups is 1. The first-order valence-electron chi connectivity index (χ1n) is 8.74. The number of urea groups is 1. The summed E-state index contributed by atoms with van der Waals surface area (Å²) in [5, 5.41) is 9.00. The van der Waals surface area contributed by atoms with E-state index < -0.39 is 27.2 Å². The van der Waals surface area contributed by atoms with Gasteiger partial charge in [-0.15, -0.1) is 0 Å². The van der Waals surface area contributed by atoms with Crippen molar-refractivity contribution in [1.82, 2.24) is 19.8 Å². The van der Waals surface area contributed by atoms with Crippen molar-refractivity contribution < 1.29 is 32.3 Å². The molecule has 4 N–H and O–H groups in total. The number of carbonyl (C=O) groups is 1. The molecule has 0 bridgehead atoms. The Kier molecular flexibility index (Phi) is 7.93. The fourth-order valence-corrected chi connectivity index (χ4v) is 3.89. The molecule has 0 aliphatic carbocycles. The number of ether oxygens (including phenoxy) is 3. The molecule has 1 unspecified atom stereocenters. The number of nitrogens with two attached hydrogens (primary N) is 1. The van der Waals surface area contributed by atoms with Crippen LogP contribution >= 0.6 is 11.6 Å². The lowest BCUT2D eigenvalue weighted by atomic mass is 10.3. The number of aromatic nitrogens is 2. The molecule has 1 aliphatic heterocycles. The number of amides is 2. The molecule has 0 saturated heterocycles. The summed E-state index contributed by atoms with van der Waals surface area (Å²) in [5.74, 6) is -0.513. The molecular weight excluding hydrogens is 470 g/mol. The number of carbonyl (C=O) groups excluding carboxylic acids is 1. The maximum atomic E-state index is 12.9. The van der Waals surface area contributed by atoms with Crippen LogP contribution in [0.1, 0.15) is 12.5 Å². The highest BCUT2D eigenvalue weighted by Crippen LogP contribution is 2.26. The van der Waals surface area contributed by atoms with Crippen molar-refractivity contribution in [3.63, 3.8) is 0 Å². The Hall–Kier alpha value is -3.46. The van der Waals surface area contributed by atoms with E-state index in [1.54, 1.807) is 6.92 Å². The molecule has 2 amide bonds. The van der Waals surface area contributed by atoms with Gasteiger partial charge in [0.25, 0.3) is 15.9 Å². The summed E-state index contributed by atoms with van der Waals surface area (Å²) in [6.07, 6.45) is 0.808. The van der Waals surface area contributed by atoms with Crippen molar-refractivity contribution >= 4 is 39.5 Å². The van der Waals surface area contributed by atoms with Gasteiger partial charge in [0.2, 0.25) is 5.90 Å². The molecule has 0 saturated carbocycles.